The molecule has 0 radical (unpaired) electrons. The molecule has 1 saturated carbocycles. The number of nitrogens with one attached hydrogen (secondary N) is 1. The van der Waals surface area contributed by atoms with Gasteiger partial charge in [-0.2, -0.15) is 0 Å². The summed E-state index contributed by atoms with van der Waals surface area (Å²) < 4.78 is 0. The molecule has 1 aliphatic carbocycles. The average Bonchev–Trinajstić information content (AvgIpc) is 2.29. The zero-order valence-electron chi connectivity index (χ0n) is 10.3. The van der Waals surface area contributed by atoms with Crippen LogP contribution < -0.4 is 5.32 Å². The van der Waals surface area contributed by atoms with Crippen LogP contribution in [0.15, 0.2) is 30.3 Å². The highest BCUT2D eigenvalue weighted by Gasteiger charge is 2.33. The fourth-order valence-electron chi connectivity index (χ4n) is 2.55. The predicted molar refractivity (Wildman–Crippen MR) is 69.6 cm³/mol. The topological polar surface area (TPSA) is 12.0 Å². The van der Waals surface area contributed by atoms with Crippen LogP contribution in [-0.4, -0.2) is 12.1 Å². The zero-order chi connectivity index (χ0) is 11.3. The van der Waals surface area contributed by atoms with Crippen LogP contribution in [0.1, 0.15) is 44.6 Å². The number of aryl methyl sites for hydroxylation is 1. The Hall–Kier alpha value is -0.820. The summed E-state index contributed by atoms with van der Waals surface area (Å²) in [5.41, 5.74) is 1.97. The van der Waals surface area contributed by atoms with Gasteiger partial charge in [-0.05, 0) is 50.6 Å². The lowest BCUT2D eigenvalue weighted by Gasteiger charge is -2.42. The predicted octanol–water partition coefficient (Wildman–Crippen LogP) is 3.54. The highest BCUT2D eigenvalue weighted by Crippen LogP contribution is 2.34. The van der Waals surface area contributed by atoms with Gasteiger partial charge in [0.05, 0.1) is 0 Å². The molecular formula is C15H23N. The molecular weight excluding hydrogens is 194 g/mol. The van der Waals surface area contributed by atoms with Crippen LogP contribution in [0.25, 0.3) is 0 Å². The van der Waals surface area contributed by atoms with Crippen LogP contribution in [0.3, 0.4) is 0 Å². The van der Waals surface area contributed by atoms with Crippen LogP contribution >= 0.6 is 0 Å². The standard InChI is InChI=1S/C15H23N/c1-2-15(11-7-12-15)16-13-6-10-14-8-4-3-5-9-14/h3-5,8-9,16H,2,6-7,10-13H2,1H3. The third-order valence-electron chi connectivity index (χ3n) is 3.97. The van der Waals surface area contributed by atoms with Gasteiger partial charge in [-0.1, -0.05) is 37.3 Å². The maximum Gasteiger partial charge on any atom is 0.0178 e. The molecule has 88 valence electrons. The number of hydrogen-bond donors (Lipinski definition) is 1. The Labute approximate surface area is 99.3 Å². The number of hydrogen-bond acceptors (Lipinski definition) is 1. The van der Waals surface area contributed by atoms with E-state index in [0.717, 1.165) is 0 Å². The largest absolute Gasteiger partial charge is 0.311 e. The maximum atomic E-state index is 3.75. The third kappa shape index (κ3) is 2.85. The summed E-state index contributed by atoms with van der Waals surface area (Å²) in [7, 11) is 0. The molecule has 0 atom stereocenters. The molecule has 2 rings (SSSR count). The van der Waals surface area contributed by atoms with Gasteiger partial charge in [-0.15, -0.1) is 0 Å². The van der Waals surface area contributed by atoms with Crippen molar-refractivity contribution in [2.45, 2.75) is 51.0 Å². The highest BCUT2D eigenvalue weighted by atomic mass is 15.0. The summed E-state index contributed by atoms with van der Waals surface area (Å²) in [6.45, 7) is 3.48. The molecule has 0 bridgehead atoms. The van der Waals surface area contributed by atoms with Gasteiger partial charge in [0, 0.05) is 5.54 Å². The number of benzene rings is 1. The first kappa shape index (κ1) is 11.7. The molecule has 16 heavy (non-hydrogen) atoms. The van der Waals surface area contributed by atoms with Crippen molar-refractivity contribution >= 4 is 0 Å². The minimum Gasteiger partial charge on any atom is -0.311 e. The molecule has 1 nitrogen and oxygen atoms in total. The highest BCUT2D eigenvalue weighted by molar-refractivity contribution is 5.14. The van der Waals surface area contributed by atoms with Gasteiger partial charge in [0.1, 0.15) is 0 Å². The van der Waals surface area contributed by atoms with E-state index in [-0.39, 0.29) is 0 Å². The lowest BCUT2D eigenvalue weighted by molar-refractivity contribution is 0.177. The molecule has 1 fully saturated rings. The van der Waals surface area contributed by atoms with E-state index in [2.05, 4.69) is 42.6 Å². The molecule has 1 N–H and O–H groups in total. The molecule has 0 saturated heterocycles. The Balaban J connectivity index is 1.65. The second-order valence-corrected chi connectivity index (χ2v) is 5.00. The second-order valence-electron chi connectivity index (χ2n) is 5.00. The molecule has 1 heteroatoms. The summed E-state index contributed by atoms with van der Waals surface area (Å²) in [4.78, 5) is 0. The molecule has 0 unspecified atom stereocenters. The van der Waals surface area contributed by atoms with Gasteiger partial charge in [0.15, 0.2) is 0 Å². The summed E-state index contributed by atoms with van der Waals surface area (Å²) in [5.74, 6) is 0. The first-order valence-corrected chi connectivity index (χ1v) is 6.64. The van der Waals surface area contributed by atoms with Gasteiger partial charge >= 0.3 is 0 Å². The Kier molecular flexibility index (Phi) is 4.00. The number of rotatable bonds is 6. The fourth-order valence-corrected chi connectivity index (χ4v) is 2.55. The third-order valence-corrected chi connectivity index (χ3v) is 3.97. The monoisotopic (exact) mass is 217 g/mol. The minimum absolute atomic E-state index is 0.511. The van der Waals surface area contributed by atoms with Crippen molar-refractivity contribution in [3.8, 4) is 0 Å². The van der Waals surface area contributed by atoms with E-state index < -0.39 is 0 Å². The van der Waals surface area contributed by atoms with Crippen LogP contribution in [0, 0.1) is 0 Å². The maximum absolute atomic E-state index is 3.75. The van der Waals surface area contributed by atoms with E-state index in [1.165, 1.54) is 50.6 Å². The summed E-state index contributed by atoms with van der Waals surface area (Å²) in [5, 5.41) is 3.75. The van der Waals surface area contributed by atoms with Crippen molar-refractivity contribution in [3.05, 3.63) is 35.9 Å². The van der Waals surface area contributed by atoms with Crippen LogP contribution in [0.4, 0.5) is 0 Å². The SMILES string of the molecule is CCC1(NCCCc2ccccc2)CCC1. The Morgan fingerprint density at radius 1 is 1.19 bits per heavy atom. The Morgan fingerprint density at radius 3 is 2.50 bits per heavy atom. The smallest absolute Gasteiger partial charge is 0.0178 e. The van der Waals surface area contributed by atoms with Gasteiger partial charge in [0.25, 0.3) is 0 Å². The Morgan fingerprint density at radius 2 is 1.94 bits per heavy atom. The van der Waals surface area contributed by atoms with Crippen LogP contribution in [-0.2, 0) is 6.42 Å². The average molecular weight is 217 g/mol. The normalized spacial score (nSPS) is 18.1. The van der Waals surface area contributed by atoms with Gasteiger partial charge in [-0.3, -0.25) is 0 Å². The van der Waals surface area contributed by atoms with E-state index >= 15 is 0 Å². The van der Waals surface area contributed by atoms with E-state index in [4.69, 9.17) is 0 Å². The quantitative estimate of drug-likeness (QED) is 0.719. The van der Waals surface area contributed by atoms with Crippen molar-refractivity contribution in [1.29, 1.82) is 0 Å². The van der Waals surface area contributed by atoms with Gasteiger partial charge in [-0.25, -0.2) is 0 Å². The minimum atomic E-state index is 0.511. The zero-order valence-corrected chi connectivity index (χ0v) is 10.3. The second kappa shape index (κ2) is 5.49. The van der Waals surface area contributed by atoms with E-state index in [0.29, 0.717) is 5.54 Å². The van der Waals surface area contributed by atoms with E-state index in [1.54, 1.807) is 0 Å². The summed E-state index contributed by atoms with van der Waals surface area (Å²) in [6, 6.07) is 10.8. The van der Waals surface area contributed by atoms with Crippen molar-refractivity contribution in [2.75, 3.05) is 6.54 Å². The molecule has 0 spiro atoms. The molecule has 0 amide bonds. The van der Waals surface area contributed by atoms with E-state index in [1.807, 2.05) is 0 Å². The fraction of sp³-hybridized carbons (Fsp3) is 0.600. The first-order chi connectivity index (χ1) is 7.85. The molecule has 1 aromatic carbocycles. The summed E-state index contributed by atoms with van der Waals surface area (Å²) >= 11 is 0. The van der Waals surface area contributed by atoms with Gasteiger partial charge < -0.3 is 5.32 Å². The van der Waals surface area contributed by atoms with Gasteiger partial charge in [0.2, 0.25) is 0 Å². The van der Waals surface area contributed by atoms with Crippen molar-refractivity contribution in [1.82, 2.24) is 5.32 Å². The van der Waals surface area contributed by atoms with Crippen molar-refractivity contribution in [3.63, 3.8) is 0 Å². The Bertz CT molecular complexity index is 295. The molecule has 0 heterocycles. The van der Waals surface area contributed by atoms with E-state index in [9.17, 15) is 0 Å². The van der Waals surface area contributed by atoms with Crippen LogP contribution in [0.2, 0.25) is 0 Å². The molecule has 1 aromatic rings. The van der Waals surface area contributed by atoms with Crippen molar-refractivity contribution in [2.24, 2.45) is 0 Å². The lowest BCUT2D eigenvalue weighted by atomic mass is 9.75. The first-order valence-electron chi connectivity index (χ1n) is 6.64. The molecule has 1 aliphatic rings. The molecule has 0 aromatic heterocycles. The summed E-state index contributed by atoms with van der Waals surface area (Å²) in [6.07, 6.45) is 7.93. The van der Waals surface area contributed by atoms with Crippen molar-refractivity contribution < 1.29 is 0 Å². The van der Waals surface area contributed by atoms with Crippen LogP contribution in [0.5, 0.6) is 0 Å². The molecule has 0 aliphatic heterocycles. The lowest BCUT2D eigenvalue weighted by Crippen LogP contribution is -2.50.